The van der Waals surface area contributed by atoms with Crippen molar-refractivity contribution < 1.29 is 29.3 Å². The van der Waals surface area contributed by atoms with E-state index in [0.717, 1.165) is 35.3 Å². The number of aliphatic carboxylic acids is 1. The van der Waals surface area contributed by atoms with Crippen molar-refractivity contribution >= 4 is 11.9 Å². The number of hydrogen-bond donors (Lipinski definition) is 3. The lowest BCUT2D eigenvalue weighted by Gasteiger charge is -2.42. The van der Waals surface area contributed by atoms with Crippen LogP contribution in [0.4, 0.5) is 0 Å². The van der Waals surface area contributed by atoms with E-state index in [1.54, 1.807) is 0 Å². The van der Waals surface area contributed by atoms with Crippen LogP contribution in [-0.2, 0) is 32.2 Å². The van der Waals surface area contributed by atoms with Gasteiger partial charge in [0.2, 0.25) is 5.91 Å². The molecule has 0 aliphatic carbocycles. The molecule has 1 amide bonds. The van der Waals surface area contributed by atoms with E-state index in [2.05, 4.69) is 23.7 Å². The zero-order chi connectivity index (χ0) is 26.1. The van der Waals surface area contributed by atoms with E-state index in [0.29, 0.717) is 6.54 Å². The number of aliphatic hydroxyl groups excluding tert-OH is 1. The molecule has 0 bridgehead atoms. The van der Waals surface area contributed by atoms with E-state index in [4.69, 9.17) is 14.6 Å². The molecular formula is C28H36N2O6. The Balaban J connectivity index is 1.73. The zero-order valence-corrected chi connectivity index (χ0v) is 20.9. The molecule has 8 nitrogen and oxygen atoms in total. The summed E-state index contributed by atoms with van der Waals surface area (Å²) in [6.45, 7) is 7.74. The van der Waals surface area contributed by atoms with Crippen LogP contribution in [0.3, 0.4) is 0 Å². The van der Waals surface area contributed by atoms with Gasteiger partial charge in [0.25, 0.3) is 0 Å². The van der Waals surface area contributed by atoms with Crippen LogP contribution in [0.5, 0.6) is 0 Å². The Morgan fingerprint density at radius 3 is 2.28 bits per heavy atom. The lowest BCUT2D eigenvalue weighted by Crippen LogP contribution is -2.43. The highest BCUT2D eigenvalue weighted by Crippen LogP contribution is 2.41. The van der Waals surface area contributed by atoms with Gasteiger partial charge in [-0.3, -0.25) is 9.59 Å². The van der Waals surface area contributed by atoms with Crippen LogP contribution in [0.1, 0.15) is 54.4 Å². The Morgan fingerprint density at radius 2 is 1.67 bits per heavy atom. The van der Waals surface area contributed by atoms with Gasteiger partial charge in [-0.25, -0.2) is 0 Å². The summed E-state index contributed by atoms with van der Waals surface area (Å²) in [5.74, 6) is -1.20. The van der Waals surface area contributed by atoms with Gasteiger partial charge in [0.1, 0.15) is 0 Å². The van der Waals surface area contributed by atoms with Crippen molar-refractivity contribution in [1.82, 2.24) is 10.2 Å². The third-order valence-corrected chi connectivity index (χ3v) is 6.36. The summed E-state index contributed by atoms with van der Waals surface area (Å²) in [4.78, 5) is 24.6. The quantitative estimate of drug-likeness (QED) is 0.386. The van der Waals surface area contributed by atoms with Gasteiger partial charge in [-0.1, -0.05) is 61.5 Å². The average molecular weight is 497 g/mol. The fourth-order valence-corrected chi connectivity index (χ4v) is 4.23. The smallest absolute Gasteiger partial charge is 0.303 e. The van der Waals surface area contributed by atoms with Crippen LogP contribution in [0.15, 0.2) is 61.2 Å². The Morgan fingerprint density at radius 1 is 1.03 bits per heavy atom. The first-order valence-electron chi connectivity index (χ1n) is 12.2. The summed E-state index contributed by atoms with van der Waals surface area (Å²) in [5.41, 5.74) is 3.65. The third kappa shape index (κ3) is 7.73. The Hall–Kier alpha value is -3.04. The van der Waals surface area contributed by atoms with Crippen LogP contribution in [0.25, 0.3) is 0 Å². The summed E-state index contributed by atoms with van der Waals surface area (Å²) >= 11 is 0. The number of carboxylic acids is 1. The van der Waals surface area contributed by atoms with Crippen molar-refractivity contribution in [3.05, 3.63) is 83.4 Å². The molecule has 1 heterocycles. The van der Waals surface area contributed by atoms with Gasteiger partial charge in [0.05, 0.1) is 25.2 Å². The average Bonchev–Trinajstić information content (AvgIpc) is 2.88. The minimum atomic E-state index is -0.993. The van der Waals surface area contributed by atoms with Gasteiger partial charge in [-0.15, -0.1) is 6.58 Å². The summed E-state index contributed by atoms with van der Waals surface area (Å²) < 4.78 is 12.9. The zero-order valence-electron chi connectivity index (χ0n) is 20.9. The fraction of sp³-hybridized carbons (Fsp3) is 0.429. The predicted octanol–water partition coefficient (Wildman–Crippen LogP) is 3.57. The van der Waals surface area contributed by atoms with E-state index in [-0.39, 0.29) is 43.5 Å². The molecule has 1 saturated heterocycles. The van der Waals surface area contributed by atoms with Crippen molar-refractivity contribution in [3.8, 4) is 0 Å². The lowest BCUT2D eigenvalue weighted by molar-refractivity contribution is -0.275. The van der Waals surface area contributed by atoms with E-state index < -0.39 is 12.3 Å². The first-order valence-corrected chi connectivity index (χ1v) is 12.2. The van der Waals surface area contributed by atoms with Crippen LogP contribution in [0, 0.1) is 5.92 Å². The molecule has 3 rings (SSSR count). The molecule has 0 spiro atoms. The first kappa shape index (κ1) is 27.5. The summed E-state index contributed by atoms with van der Waals surface area (Å²) in [6.07, 6.45) is 0.803. The standard InChI is InChI=1S/C28H36N2O6/c1-4-15-30(3)17-24-19(2)27(22-9-7-21(18-31)8-10-22)36-28(35-24)23-11-5-20(6-12-23)16-29-25(32)13-14-26(33)34/h4-12,19,24,27-28,31H,1,13-18H2,2-3H3,(H,29,32)(H,33,34)/t19-,24+,27+,28+/m1/s1. The fourth-order valence-electron chi connectivity index (χ4n) is 4.23. The van der Waals surface area contributed by atoms with E-state index in [1.165, 1.54) is 0 Å². The molecule has 2 aromatic carbocycles. The lowest BCUT2D eigenvalue weighted by atomic mass is 9.90. The molecule has 0 aromatic heterocycles. The van der Waals surface area contributed by atoms with Gasteiger partial charge in [-0.2, -0.15) is 0 Å². The molecule has 0 radical (unpaired) electrons. The molecular weight excluding hydrogens is 460 g/mol. The maximum atomic E-state index is 11.8. The number of carboxylic acid groups (broad SMARTS) is 1. The van der Waals surface area contributed by atoms with Crippen molar-refractivity contribution in [3.63, 3.8) is 0 Å². The molecule has 2 aromatic rings. The van der Waals surface area contributed by atoms with Crippen LogP contribution < -0.4 is 5.32 Å². The second-order valence-corrected chi connectivity index (χ2v) is 9.24. The number of nitrogens with zero attached hydrogens (tertiary/aromatic N) is 1. The Kier molecular flexibility index (Phi) is 10.2. The second kappa shape index (κ2) is 13.3. The molecule has 4 atom stereocenters. The van der Waals surface area contributed by atoms with Gasteiger partial charge in [0.15, 0.2) is 6.29 Å². The highest BCUT2D eigenvalue weighted by Gasteiger charge is 2.38. The summed E-state index contributed by atoms with van der Waals surface area (Å²) in [5, 5.41) is 20.8. The van der Waals surface area contributed by atoms with E-state index in [9.17, 15) is 14.7 Å². The largest absolute Gasteiger partial charge is 0.481 e. The van der Waals surface area contributed by atoms with Gasteiger partial charge < -0.3 is 29.9 Å². The number of carbonyl (C=O) groups is 2. The number of ether oxygens (including phenoxy) is 2. The van der Waals surface area contributed by atoms with E-state index >= 15 is 0 Å². The maximum absolute atomic E-state index is 11.8. The Bertz CT molecular complexity index is 1010. The number of likely N-dealkylation sites (N-methyl/N-ethyl adjacent to an activating group) is 1. The first-order chi connectivity index (χ1) is 17.3. The van der Waals surface area contributed by atoms with Crippen molar-refractivity contribution in [2.45, 2.75) is 51.4 Å². The molecule has 8 heteroatoms. The van der Waals surface area contributed by atoms with Crippen LogP contribution in [0.2, 0.25) is 0 Å². The third-order valence-electron chi connectivity index (χ3n) is 6.36. The molecule has 1 aliphatic rings. The molecule has 3 N–H and O–H groups in total. The molecule has 1 fully saturated rings. The summed E-state index contributed by atoms with van der Waals surface area (Å²) in [7, 11) is 2.03. The summed E-state index contributed by atoms with van der Waals surface area (Å²) in [6, 6.07) is 15.5. The van der Waals surface area contributed by atoms with Gasteiger partial charge in [-0.05, 0) is 23.7 Å². The van der Waals surface area contributed by atoms with Gasteiger partial charge >= 0.3 is 5.97 Å². The van der Waals surface area contributed by atoms with Crippen molar-refractivity contribution in [2.24, 2.45) is 5.92 Å². The minimum absolute atomic E-state index is 0.00553. The highest BCUT2D eigenvalue weighted by atomic mass is 16.7. The molecule has 194 valence electrons. The van der Waals surface area contributed by atoms with E-state index in [1.807, 2.05) is 61.7 Å². The van der Waals surface area contributed by atoms with Crippen LogP contribution in [-0.4, -0.2) is 53.2 Å². The SMILES string of the molecule is C=CCN(C)C[C@@H]1O[C@H](c2ccc(CNC(=O)CCC(=O)O)cc2)O[C@H](c2ccc(CO)cc2)[C@@H]1C. The molecule has 1 aliphatic heterocycles. The number of nitrogens with one attached hydrogen (secondary N) is 1. The van der Waals surface area contributed by atoms with Gasteiger partial charge in [0, 0.05) is 37.5 Å². The van der Waals surface area contributed by atoms with Crippen molar-refractivity contribution in [2.75, 3.05) is 20.1 Å². The minimum Gasteiger partial charge on any atom is -0.481 e. The van der Waals surface area contributed by atoms with Crippen molar-refractivity contribution in [1.29, 1.82) is 0 Å². The number of hydrogen-bond acceptors (Lipinski definition) is 6. The maximum Gasteiger partial charge on any atom is 0.303 e. The van der Waals surface area contributed by atoms with Crippen LogP contribution >= 0.6 is 0 Å². The topological polar surface area (TPSA) is 108 Å². The predicted molar refractivity (Wildman–Crippen MR) is 136 cm³/mol. The number of rotatable bonds is 12. The molecule has 36 heavy (non-hydrogen) atoms. The number of carbonyl (C=O) groups excluding carboxylic acids is 1. The molecule has 0 saturated carbocycles. The number of aliphatic hydroxyl groups is 1. The Labute approximate surface area is 212 Å². The normalized spacial score (nSPS) is 21.8. The number of benzene rings is 2. The highest BCUT2D eigenvalue weighted by molar-refractivity contribution is 5.80. The molecule has 0 unspecified atom stereocenters. The monoisotopic (exact) mass is 496 g/mol. The number of amides is 1. The second-order valence-electron chi connectivity index (χ2n) is 9.24.